The Morgan fingerprint density at radius 1 is 1.05 bits per heavy atom. The van der Waals surface area contributed by atoms with E-state index in [4.69, 9.17) is 11.6 Å². The molecule has 0 spiro atoms. The molecule has 0 bridgehead atoms. The molecule has 0 unspecified atom stereocenters. The molecule has 0 aliphatic heterocycles. The van der Waals surface area contributed by atoms with E-state index in [0.29, 0.717) is 17.3 Å². The third-order valence-electron chi connectivity index (χ3n) is 2.64. The number of alkyl halides is 2. The summed E-state index contributed by atoms with van der Waals surface area (Å²) >= 11 is 5.90. The van der Waals surface area contributed by atoms with E-state index < -0.39 is 6.43 Å². The molecule has 0 saturated carbocycles. The fourth-order valence-electron chi connectivity index (χ4n) is 1.61. The van der Waals surface area contributed by atoms with Crippen LogP contribution in [0, 0.1) is 5.82 Å². The lowest BCUT2D eigenvalue weighted by molar-refractivity contribution is 0.151. The third kappa shape index (κ3) is 3.64. The molecule has 100 valence electrons. The molecular formula is C14H11ClF3N. The lowest BCUT2D eigenvalue weighted by Gasteiger charge is -2.09. The van der Waals surface area contributed by atoms with Crippen molar-refractivity contribution in [1.82, 2.24) is 0 Å². The molecule has 5 heteroatoms. The number of nitrogens with one attached hydrogen (secondary N) is 1. The molecule has 1 nitrogen and oxygen atoms in total. The average Bonchev–Trinajstić information content (AvgIpc) is 2.40. The number of rotatable bonds is 4. The number of benzene rings is 2. The summed E-state index contributed by atoms with van der Waals surface area (Å²) in [6.07, 6.45) is -2.47. The SMILES string of the molecule is Fc1ccc(Cl)c(NCc2ccc(C(F)F)cc2)c1. The first kappa shape index (κ1) is 13.7. The summed E-state index contributed by atoms with van der Waals surface area (Å²) in [5, 5.41) is 3.37. The molecular weight excluding hydrogens is 275 g/mol. The minimum absolute atomic E-state index is 0.0208. The van der Waals surface area contributed by atoms with Gasteiger partial charge in [0.05, 0.1) is 10.7 Å². The Kier molecular flexibility index (Phi) is 4.32. The van der Waals surface area contributed by atoms with Gasteiger partial charge < -0.3 is 5.32 Å². The van der Waals surface area contributed by atoms with E-state index in [0.717, 1.165) is 5.56 Å². The van der Waals surface area contributed by atoms with Gasteiger partial charge in [0.25, 0.3) is 6.43 Å². The Bertz CT molecular complexity index is 555. The quantitative estimate of drug-likeness (QED) is 0.831. The molecule has 0 atom stereocenters. The number of hydrogen-bond donors (Lipinski definition) is 1. The van der Waals surface area contributed by atoms with Crippen LogP contribution in [0.15, 0.2) is 42.5 Å². The summed E-state index contributed by atoms with van der Waals surface area (Å²) in [5.41, 5.74) is 1.26. The average molecular weight is 286 g/mol. The van der Waals surface area contributed by atoms with Crippen LogP contribution < -0.4 is 5.32 Å². The standard InChI is InChI=1S/C14H11ClF3N/c15-12-6-5-11(16)7-13(12)19-8-9-1-3-10(4-2-9)14(17)18/h1-7,14,19H,8H2. The monoisotopic (exact) mass is 285 g/mol. The zero-order valence-electron chi connectivity index (χ0n) is 9.84. The van der Waals surface area contributed by atoms with E-state index in [-0.39, 0.29) is 11.4 Å². The summed E-state index contributed by atoms with van der Waals surface area (Å²) in [6.45, 7) is 0.382. The van der Waals surface area contributed by atoms with Crippen LogP contribution in [0.3, 0.4) is 0 Å². The highest BCUT2D eigenvalue weighted by Gasteiger charge is 2.06. The predicted octanol–water partition coefficient (Wildman–Crippen LogP) is 5.03. The Morgan fingerprint density at radius 2 is 1.74 bits per heavy atom. The Balaban J connectivity index is 2.04. The minimum Gasteiger partial charge on any atom is -0.380 e. The Labute approximate surface area is 114 Å². The van der Waals surface area contributed by atoms with Gasteiger partial charge in [0.2, 0.25) is 0 Å². The number of anilines is 1. The first-order valence-electron chi connectivity index (χ1n) is 5.62. The maximum absolute atomic E-state index is 13.0. The van der Waals surface area contributed by atoms with Gasteiger partial charge >= 0.3 is 0 Å². The maximum Gasteiger partial charge on any atom is 0.263 e. The van der Waals surface area contributed by atoms with Crippen LogP contribution in [-0.2, 0) is 6.54 Å². The van der Waals surface area contributed by atoms with Crippen LogP contribution >= 0.6 is 11.6 Å². The number of hydrogen-bond acceptors (Lipinski definition) is 1. The van der Waals surface area contributed by atoms with Gasteiger partial charge in [-0.15, -0.1) is 0 Å². The van der Waals surface area contributed by atoms with Crippen molar-refractivity contribution in [1.29, 1.82) is 0 Å². The van der Waals surface area contributed by atoms with Crippen molar-refractivity contribution in [3.05, 3.63) is 64.4 Å². The fraction of sp³-hybridized carbons (Fsp3) is 0.143. The van der Waals surface area contributed by atoms with Gasteiger partial charge in [-0.1, -0.05) is 35.9 Å². The topological polar surface area (TPSA) is 12.0 Å². The molecule has 2 aromatic carbocycles. The molecule has 0 aromatic heterocycles. The molecule has 0 amide bonds. The molecule has 0 radical (unpaired) electrons. The highest BCUT2D eigenvalue weighted by molar-refractivity contribution is 6.33. The third-order valence-corrected chi connectivity index (χ3v) is 2.97. The second kappa shape index (κ2) is 5.97. The van der Waals surface area contributed by atoms with Gasteiger partial charge in [0.15, 0.2) is 0 Å². The molecule has 1 N–H and O–H groups in total. The highest BCUT2D eigenvalue weighted by atomic mass is 35.5. The van der Waals surface area contributed by atoms with Crippen molar-refractivity contribution in [3.8, 4) is 0 Å². The Hall–Kier alpha value is -1.68. The zero-order valence-corrected chi connectivity index (χ0v) is 10.6. The second-order valence-electron chi connectivity index (χ2n) is 4.02. The second-order valence-corrected chi connectivity index (χ2v) is 4.43. The van der Waals surface area contributed by atoms with Crippen LogP contribution in [0.5, 0.6) is 0 Å². The van der Waals surface area contributed by atoms with E-state index in [2.05, 4.69) is 5.32 Å². The predicted molar refractivity (Wildman–Crippen MR) is 70.1 cm³/mol. The van der Waals surface area contributed by atoms with Crippen LogP contribution in [0.2, 0.25) is 5.02 Å². The lowest BCUT2D eigenvalue weighted by Crippen LogP contribution is -2.00. The summed E-state index contributed by atoms with van der Waals surface area (Å²) in [5.74, 6) is -0.389. The van der Waals surface area contributed by atoms with Crippen LogP contribution in [0.1, 0.15) is 17.6 Å². The highest BCUT2D eigenvalue weighted by Crippen LogP contribution is 2.23. The molecule has 2 rings (SSSR count). The van der Waals surface area contributed by atoms with E-state index in [1.807, 2.05) is 0 Å². The molecule has 0 heterocycles. The summed E-state index contributed by atoms with van der Waals surface area (Å²) in [6, 6.07) is 9.95. The van der Waals surface area contributed by atoms with Gasteiger partial charge in [-0.2, -0.15) is 0 Å². The zero-order chi connectivity index (χ0) is 13.8. The van der Waals surface area contributed by atoms with Gasteiger partial charge in [-0.25, -0.2) is 13.2 Å². The van der Waals surface area contributed by atoms with Crippen molar-refractivity contribution >= 4 is 17.3 Å². The molecule has 0 fully saturated rings. The van der Waals surface area contributed by atoms with Crippen molar-refractivity contribution in [2.75, 3.05) is 5.32 Å². The van der Waals surface area contributed by atoms with Crippen molar-refractivity contribution in [2.24, 2.45) is 0 Å². The molecule has 2 aromatic rings. The smallest absolute Gasteiger partial charge is 0.263 e. The Morgan fingerprint density at radius 3 is 2.37 bits per heavy atom. The van der Waals surface area contributed by atoms with E-state index in [9.17, 15) is 13.2 Å². The van der Waals surface area contributed by atoms with Gasteiger partial charge in [0, 0.05) is 12.1 Å². The van der Waals surface area contributed by atoms with Gasteiger partial charge in [-0.05, 0) is 23.8 Å². The molecule has 0 aliphatic carbocycles. The van der Waals surface area contributed by atoms with Crippen molar-refractivity contribution in [2.45, 2.75) is 13.0 Å². The van der Waals surface area contributed by atoms with E-state index >= 15 is 0 Å². The van der Waals surface area contributed by atoms with Crippen LogP contribution in [0.25, 0.3) is 0 Å². The first-order chi connectivity index (χ1) is 9.06. The van der Waals surface area contributed by atoms with E-state index in [1.54, 1.807) is 12.1 Å². The van der Waals surface area contributed by atoms with Crippen LogP contribution in [-0.4, -0.2) is 0 Å². The summed E-state index contributed by atoms with van der Waals surface area (Å²) in [7, 11) is 0. The van der Waals surface area contributed by atoms with Crippen molar-refractivity contribution < 1.29 is 13.2 Å². The number of halogens is 4. The minimum atomic E-state index is -2.47. The first-order valence-corrected chi connectivity index (χ1v) is 6.00. The van der Waals surface area contributed by atoms with E-state index in [1.165, 1.54) is 30.3 Å². The largest absolute Gasteiger partial charge is 0.380 e. The van der Waals surface area contributed by atoms with Gasteiger partial charge in [-0.3, -0.25) is 0 Å². The van der Waals surface area contributed by atoms with Crippen molar-refractivity contribution in [3.63, 3.8) is 0 Å². The van der Waals surface area contributed by atoms with Gasteiger partial charge in [0.1, 0.15) is 5.82 Å². The molecule has 0 saturated heterocycles. The molecule has 0 aliphatic rings. The summed E-state index contributed by atoms with van der Waals surface area (Å²) < 4.78 is 37.8. The lowest BCUT2D eigenvalue weighted by atomic mass is 10.1. The summed E-state index contributed by atoms with van der Waals surface area (Å²) in [4.78, 5) is 0. The molecule has 19 heavy (non-hydrogen) atoms. The fourth-order valence-corrected chi connectivity index (χ4v) is 1.80. The maximum atomic E-state index is 13.0. The van der Waals surface area contributed by atoms with Crippen LogP contribution in [0.4, 0.5) is 18.9 Å². The normalized spacial score (nSPS) is 10.8.